The minimum absolute atomic E-state index is 0.0538. The first kappa shape index (κ1) is 20.7. The third kappa shape index (κ3) is 5.74. The van der Waals surface area contributed by atoms with E-state index < -0.39 is 22.0 Å². The maximum absolute atomic E-state index is 12.8. The Kier molecular flexibility index (Phi) is 6.77. The summed E-state index contributed by atoms with van der Waals surface area (Å²) in [5.74, 6) is -0.821. The van der Waals surface area contributed by atoms with Gasteiger partial charge >= 0.3 is 0 Å². The van der Waals surface area contributed by atoms with Crippen LogP contribution in [0.3, 0.4) is 0 Å². The van der Waals surface area contributed by atoms with Crippen molar-refractivity contribution in [1.82, 2.24) is 10.2 Å². The van der Waals surface area contributed by atoms with Crippen LogP contribution in [0.4, 0.5) is 0 Å². The maximum atomic E-state index is 12.8. The van der Waals surface area contributed by atoms with Gasteiger partial charge in [-0.05, 0) is 41.7 Å². The van der Waals surface area contributed by atoms with Crippen LogP contribution in [-0.2, 0) is 27.7 Å². The predicted octanol–water partition coefficient (Wildman–Crippen LogP) is 2.67. The molecule has 150 valence electrons. The monoisotopic (exact) mass is 410 g/mol. The van der Waals surface area contributed by atoms with Gasteiger partial charge in [-0.2, -0.15) is 4.72 Å². The van der Waals surface area contributed by atoms with E-state index in [2.05, 4.69) is 4.72 Å². The summed E-state index contributed by atoms with van der Waals surface area (Å²) in [5, 5.41) is 8.99. The third-order valence-electron chi connectivity index (χ3n) is 4.49. The SMILES string of the molecule is O=C(NO)C(Cc1ccccc1)NS(=O)(=O)c1ccc(Cc2ccccc2)cc1. The van der Waals surface area contributed by atoms with Crippen molar-refractivity contribution in [2.75, 3.05) is 0 Å². The molecule has 0 aliphatic rings. The van der Waals surface area contributed by atoms with Crippen LogP contribution in [0.2, 0.25) is 0 Å². The maximum Gasteiger partial charge on any atom is 0.261 e. The van der Waals surface area contributed by atoms with Gasteiger partial charge in [0.1, 0.15) is 6.04 Å². The Bertz CT molecular complexity index is 1040. The highest BCUT2D eigenvalue weighted by atomic mass is 32.2. The van der Waals surface area contributed by atoms with Gasteiger partial charge in [0.25, 0.3) is 5.91 Å². The van der Waals surface area contributed by atoms with Crippen LogP contribution < -0.4 is 10.2 Å². The van der Waals surface area contributed by atoms with E-state index in [0.717, 1.165) is 16.7 Å². The molecule has 0 spiro atoms. The lowest BCUT2D eigenvalue weighted by Crippen LogP contribution is -2.47. The lowest BCUT2D eigenvalue weighted by molar-refractivity contribution is -0.130. The first-order valence-electron chi connectivity index (χ1n) is 9.11. The van der Waals surface area contributed by atoms with Crippen LogP contribution in [0.25, 0.3) is 0 Å². The van der Waals surface area contributed by atoms with Gasteiger partial charge in [-0.15, -0.1) is 0 Å². The highest BCUT2D eigenvalue weighted by Crippen LogP contribution is 2.15. The zero-order valence-electron chi connectivity index (χ0n) is 15.7. The van der Waals surface area contributed by atoms with Crippen molar-refractivity contribution in [2.45, 2.75) is 23.8 Å². The third-order valence-corrected chi connectivity index (χ3v) is 5.98. The largest absolute Gasteiger partial charge is 0.289 e. The van der Waals surface area contributed by atoms with E-state index in [9.17, 15) is 13.2 Å². The van der Waals surface area contributed by atoms with Gasteiger partial charge < -0.3 is 0 Å². The second kappa shape index (κ2) is 9.47. The minimum Gasteiger partial charge on any atom is -0.289 e. The summed E-state index contributed by atoms with van der Waals surface area (Å²) in [6.45, 7) is 0. The van der Waals surface area contributed by atoms with Gasteiger partial charge in [0.05, 0.1) is 4.90 Å². The molecule has 0 saturated heterocycles. The van der Waals surface area contributed by atoms with Crippen molar-refractivity contribution < 1.29 is 18.4 Å². The van der Waals surface area contributed by atoms with E-state index in [1.54, 1.807) is 36.4 Å². The fourth-order valence-electron chi connectivity index (χ4n) is 2.99. The quantitative estimate of drug-likeness (QED) is 0.393. The van der Waals surface area contributed by atoms with Crippen molar-refractivity contribution in [3.63, 3.8) is 0 Å². The Hall–Kier alpha value is -3.00. The highest BCUT2D eigenvalue weighted by Gasteiger charge is 2.25. The Balaban J connectivity index is 1.74. The topological polar surface area (TPSA) is 95.5 Å². The fraction of sp³-hybridized carbons (Fsp3) is 0.136. The molecule has 3 N–H and O–H groups in total. The molecule has 6 nitrogen and oxygen atoms in total. The number of hydrogen-bond donors (Lipinski definition) is 3. The zero-order valence-corrected chi connectivity index (χ0v) is 16.5. The molecule has 0 aliphatic heterocycles. The molecule has 1 atom stereocenters. The first-order chi connectivity index (χ1) is 14.0. The van der Waals surface area contributed by atoms with Crippen molar-refractivity contribution in [2.24, 2.45) is 0 Å². The number of carbonyl (C=O) groups is 1. The number of hydrogen-bond acceptors (Lipinski definition) is 4. The second-order valence-electron chi connectivity index (χ2n) is 6.65. The van der Waals surface area contributed by atoms with E-state index in [1.165, 1.54) is 17.6 Å². The van der Waals surface area contributed by atoms with Crippen molar-refractivity contribution in [1.29, 1.82) is 0 Å². The van der Waals surface area contributed by atoms with Crippen LogP contribution in [0, 0.1) is 0 Å². The van der Waals surface area contributed by atoms with Gasteiger partial charge in [-0.3, -0.25) is 10.0 Å². The number of rotatable bonds is 8. The fourth-order valence-corrected chi connectivity index (χ4v) is 4.18. The van der Waals surface area contributed by atoms with E-state index in [-0.39, 0.29) is 11.3 Å². The number of nitrogens with one attached hydrogen (secondary N) is 2. The molecule has 0 saturated carbocycles. The summed E-state index contributed by atoms with van der Waals surface area (Å²) < 4.78 is 27.9. The number of hydroxylamine groups is 1. The van der Waals surface area contributed by atoms with E-state index in [4.69, 9.17) is 5.21 Å². The van der Waals surface area contributed by atoms with Crippen molar-refractivity contribution in [3.8, 4) is 0 Å². The molecule has 29 heavy (non-hydrogen) atoms. The average Bonchev–Trinajstić information content (AvgIpc) is 2.74. The Labute approximate surface area is 170 Å². The lowest BCUT2D eigenvalue weighted by Gasteiger charge is -2.17. The summed E-state index contributed by atoms with van der Waals surface area (Å²) >= 11 is 0. The molecule has 0 radical (unpaired) electrons. The zero-order chi connectivity index (χ0) is 20.7. The normalized spacial score (nSPS) is 12.3. The van der Waals surface area contributed by atoms with Crippen molar-refractivity contribution in [3.05, 3.63) is 102 Å². The Morgan fingerprint density at radius 1 is 0.793 bits per heavy atom. The number of sulfonamides is 1. The number of amides is 1. The van der Waals surface area contributed by atoms with E-state index in [1.807, 2.05) is 36.4 Å². The molecule has 3 rings (SSSR count). The first-order valence-corrected chi connectivity index (χ1v) is 10.6. The lowest BCUT2D eigenvalue weighted by atomic mass is 10.1. The summed E-state index contributed by atoms with van der Waals surface area (Å²) in [5.41, 5.74) is 4.40. The van der Waals surface area contributed by atoms with Gasteiger partial charge in [0.15, 0.2) is 0 Å². The van der Waals surface area contributed by atoms with Crippen LogP contribution >= 0.6 is 0 Å². The van der Waals surface area contributed by atoms with Crippen LogP contribution in [-0.4, -0.2) is 25.6 Å². The predicted molar refractivity (Wildman–Crippen MR) is 110 cm³/mol. The molecular formula is C22H22N2O4S. The van der Waals surface area contributed by atoms with Crippen LogP contribution in [0.5, 0.6) is 0 Å². The minimum atomic E-state index is -3.95. The Morgan fingerprint density at radius 3 is 1.86 bits per heavy atom. The molecule has 0 fully saturated rings. The molecule has 0 bridgehead atoms. The van der Waals surface area contributed by atoms with Gasteiger partial charge in [0.2, 0.25) is 10.0 Å². The molecule has 3 aromatic carbocycles. The summed E-state index contributed by atoms with van der Waals surface area (Å²) in [4.78, 5) is 12.0. The summed E-state index contributed by atoms with van der Waals surface area (Å²) in [7, 11) is -3.95. The van der Waals surface area contributed by atoms with Gasteiger partial charge in [-0.25, -0.2) is 13.9 Å². The smallest absolute Gasteiger partial charge is 0.261 e. The van der Waals surface area contributed by atoms with Gasteiger partial charge in [-0.1, -0.05) is 72.8 Å². The molecule has 7 heteroatoms. The average molecular weight is 410 g/mol. The molecule has 1 unspecified atom stereocenters. The van der Waals surface area contributed by atoms with Crippen LogP contribution in [0.1, 0.15) is 16.7 Å². The molecular weight excluding hydrogens is 388 g/mol. The van der Waals surface area contributed by atoms with Gasteiger partial charge in [0, 0.05) is 0 Å². The second-order valence-corrected chi connectivity index (χ2v) is 8.36. The molecule has 0 aliphatic carbocycles. The number of benzene rings is 3. The van der Waals surface area contributed by atoms with E-state index >= 15 is 0 Å². The Morgan fingerprint density at radius 2 is 1.31 bits per heavy atom. The number of carbonyl (C=O) groups excluding carboxylic acids is 1. The van der Waals surface area contributed by atoms with Crippen LogP contribution in [0.15, 0.2) is 89.8 Å². The van der Waals surface area contributed by atoms with E-state index in [0.29, 0.717) is 6.42 Å². The molecule has 1 amide bonds. The van der Waals surface area contributed by atoms with Crippen molar-refractivity contribution >= 4 is 15.9 Å². The molecule has 3 aromatic rings. The molecule has 0 heterocycles. The summed E-state index contributed by atoms with van der Waals surface area (Å²) in [6, 6.07) is 24.2. The summed E-state index contributed by atoms with van der Waals surface area (Å²) in [6.07, 6.45) is 0.802. The highest BCUT2D eigenvalue weighted by molar-refractivity contribution is 7.89. The molecule has 0 aromatic heterocycles. The standard InChI is InChI=1S/C22H22N2O4S/c25-22(23-26)21(16-18-9-5-2-6-10-18)24-29(27,28)20-13-11-19(12-14-20)15-17-7-3-1-4-8-17/h1-14,21,24,26H,15-16H2,(H,23,25).